The van der Waals surface area contributed by atoms with Crippen LogP contribution in [0.25, 0.3) is 0 Å². The van der Waals surface area contributed by atoms with Gasteiger partial charge in [-0.1, -0.05) is 18.2 Å². The number of para-hydroxylation sites is 1. The number of fused-ring (bicyclic) bond motifs is 1. The molecule has 0 aromatic heterocycles. The first kappa shape index (κ1) is 19.0. The summed E-state index contributed by atoms with van der Waals surface area (Å²) in [6.45, 7) is 0.833. The molecule has 0 unspecified atom stereocenters. The highest BCUT2D eigenvalue weighted by Gasteiger charge is 2.36. The van der Waals surface area contributed by atoms with Gasteiger partial charge in [0.15, 0.2) is 0 Å². The van der Waals surface area contributed by atoms with Crippen molar-refractivity contribution >= 4 is 21.6 Å². The second kappa shape index (κ2) is 7.25. The Morgan fingerprint density at radius 1 is 1.00 bits per heavy atom. The van der Waals surface area contributed by atoms with E-state index >= 15 is 0 Å². The number of nitrogens with zero attached hydrogens (tertiary/aromatic N) is 2. The summed E-state index contributed by atoms with van der Waals surface area (Å²) < 4.78 is 53.8. The molecule has 0 radical (unpaired) electrons. The van der Waals surface area contributed by atoms with E-state index in [4.69, 9.17) is 0 Å². The van der Waals surface area contributed by atoms with E-state index in [9.17, 15) is 22.0 Å². The van der Waals surface area contributed by atoms with Crippen molar-refractivity contribution in [1.82, 2.24) is 4.31 Å². The predicted octanol–water partition coefficient (Wildman–Crippen LogP) is 2.95. The molecule has 28 heavy (non-hydrogen) atoms. The van der Waals surface area contributed by atoms with Crippen LogP contribution in [-0.4, -0.2) is 38.3 Å². The molecule has 1 saturated heterocycles. The van der Waals surface area contributed by atoms with Crippen LogP contribution in [0, 0.1) is 17.6 Å². The summed E-state index contributed by atoms with van der Waals surface area (Å²) in [6, 6.07) is 10.2. The van der Waals surface area contributed by atoms with Gasteiger partial charge in [-0.2, -0.15) is 4.31 Å². The van der Waals surface area contributed by atoms with E-state index in [0.717, 1.165) is 34.1 Å². The normalized spacial score (nSPS) is 18.3. The third-order valence-corrected chi connectivity index (χ3v) is 7.38. The van der Waals surface area contributed by atoms with Crippen molar-refractivity contribution in [1.29, 1.82) is 0 Å². The van der Waals surface area contributed by atoms with Gasteiger partial charge in [0.2, 0.25) is 15.9 Å². The molecule has 5 nitrogen and oxygen atoms in total. The maximum Gasteiger partial charge on any atom is 0.246 e. The summed E-state index contributed by atoms with van der Waals surface area (Å²) in [6.07, 6.45) is 1.52. The second-order valence-electron chi connectivity index (χ2n) is 7.12. The molecule has 8 heteroatoms. The van der Waals surface area contributed by atoms with Crippen molar-refractivity contribution < 1.29 is 22.0 Å². The number of carbonyl (C=O) groups excluding carboxylic acids is 1. The molecule has 0 bridgehead atoms. The smallest absolute Gasteiger partial charge is 0.246 e. The maximum absolute atomic E-state index is 13.9. The summed E-state index contributed by atoms with van der Waals surface area (Å²) in [5.41, 5.74) is 2.06. The number of piperidine rings is 1. The van der Waals surface area contributed by atoms with Gasteiger partial charge in [-0.05, 0) is 49.1 Å². The fraction of sp³-hybridized carbons (Fsp3) is 0.350. The lowest BCUT2D eigenvalue weighted by Gasteiger charge is -2.32. The van der Waals surface area contributed by atoms with Gasteiger partial charge in [0.25, 0.3) is 0 Å². The third kappa shape index (κ3) is 3.31. The first-order chi connectivity index (χ1) is 13.4. The van der Waals surface area contributed by atoms with Crippen LogP contribution in [0.2, 0.25) is 0 Å². The fourth-order valence-electron chi connectivity index (χ4n) is 3.94. The zero-order valence-corrected chi connectivity index (χ0v) is 16.0. The van der Waals surface area contributed by atoms with Gasteiger partial charge in [0.05, 0.1) is 0 Å². The molecule has 0 saturated carbocycles. The highest BCUT2D eigenvalue weighted by Crippen LogP contribution is 2.32. The lowest BCUT2D eigenvalue weighted by atomic mass is 9.96. The average Bonchev–Trinajstić information content (AvgIpc) is 3.13. The molecule has 0 aliphatic carbocycles. The van der Waals surface area contributed by atoms with Gasteiger partial charge >= 0.3 is 0 Å². The van der Waals surface area contributed by atoms with E-state index in [-0.39, 0.29) is 24.9 Å². The lowest BCUT2D eigenvalue weighted by Crippen LogP contribution is -2.44. The molecular weight excluding hydrogens is 386 g/mol. The molecule has 1 amide bonds. The number of halogens is 2. The van der Waals surface area contributed by atoms with Gasteiger partial charge in [-0.15, -0.1) is 0 Å². The molecule has 2 aliphatic heterocycles. The van der Waals surface area contributed by atoms with Gasteiger partial charge < -0.3 is 4.90 Å². The van der Waals surface area contributed by atoms with Crippen LogP contribution in [0.1, 0.15) is 18.4 Å². The Labute approximate surface area is 162 Å². The third-order valence-electron chi connectivity index (χ3n) is 5.47. The number of hydrogen-bond donors (Lipinski definition) is 0. The van der Waals surface area contributed by atoms with Gasteiger partial charge in [0.1, 0.15) is 16.5 Å². The monoisotopic (exact) mass is 406 g/mol. The molecule has 148 valence electrons. The zero-order chi connectivity index (χ0) is 19.9. The van der Waals surface area contributed by atoms with Crippen molar-refractivity contribution in [2.24, 2.45) is 5.92 Å². The Kier molecular flexibility index (Phi) is 4.93. The van der Waals surface area contributed by atoms with Crippen LogP contribution in [0.4, 0.5) is 14.5 Å². The quantitative estimate of drug-likeness (QED) is 0.788. The molecule has 0 atom stereocenters. The largest absolute Gasteiger partial charge is 0.312 e. The topological polar surface area (TPSA) is 57.7 Å². The standard InChI is InChI=1S/C20H20F2N2O3S/c21-16-5-6-17(22)19(13-16)28(26,27)23-10-7-15(8-11-23)20(25)24-12-9-14-3-1-2-4-18(14)24/h1-6,13,15H,7-12H2. The fourth-order valence-corrected chi connectivity index (χ4v) is 5.49. The van der Waals surface area contributed by atoms with Crippen LogP contribution in [0.5, 0.6) is 0 Å². The number of sulfonamides is 1. The Balaban J connectivity index is 1.46. The molecule has 0 N–H and O–H groups in total. The number of benzene rings is 2. The highest BCUT2D eigenvalue weighted by atomic mass is 32.2. The van der Waals surface area contributed by atoms with E-state index in [2.05, 4.69) is 0 Å². The molecule has 2 aliphatic rings. The number of carbonyl (C=O) groups is 1. The van der Waals surface area contributed by atoms with E-state index in [1.165, 1.54) is 0 Å². The SMILES string of the molecule is O=C(C1CCN(S(=O)(=O)c2cc(F)ccc2F)CC1)N1CCc2ccccc21. The zero-order valence-electron chi connectivity index (χ0n) is 15.1. The average molecular weight is 406 g/mol. The van der Waals surface area contributed by atoms with Crippen LogP contribution >= 0.6 is 0 Å². The summed E-state index contributed by atoms with van der Waals surface area (Å²) in [5, 5.41) is 0. The van der Waals surface area contributed by atoms with Gasteiger partial charge in [-0.25, -0.2) is 17.2 Å². The van der Waals surface area contributed by atoms with Crippen LogP contribution in [0.3, 0.4) is 0 Å². The summed E-state index contributed by atoms with van der Waals surface area (Å²) in [7, 11) is -4.14. The van der Waals surface area contributed by atoms with Crippen LogP contribution in [0.15, 0.2) is 47.4 Å². The Morgan fingerprint density at radius 2 is 1.71 bits per heavy atom. The highest BCUT2D eigenvalue weighted by molar-refractivity contribution is 7.89. The molecule has 2 heterocycles. The number of hydrogen-bond acceptors (Lipinski definition) is 3. The predicted molar refractivity (Wildman–Crippen MR) is 100 cm³/mol. The first-order valence-corrected chi connectivity index (χ1v) is 10.7. The molecule has 4 rings (SSSR count). The molecule has 2 aromatic rings. The summed E-state index contributed by atoms with van der Waals surface area (Å²) >= 11 is 0. The van der Waals surface area contributed by atoms with E-state index in [0.29, 0.717) is 25.5 Å². The summed E-state index contributed by atoms with van der Waals surface area (Å²) in [4.78, 5) is 14.0. The molecule has 1 fully saturated rings. The number of anilines is 1. The summed E-state index contributed by atoms with van der Waals surface area (Å²) in [5.74, 6) is -2.07. The van der Waals surface area contributed by atoms with Crippen molar-refractivity contribution in [2.75, 3.05) is 24.5 Å². The van der Waals surface area contributed by atoms with Crippen LogP contribution < -0.4 is 4.90 Å². The van der Waals surface area contributed by atoms with E-state index in [1.54, 1.807) is 4.90 Å². The Hall–Kier alpha value is -2.32. The lowest BCUT2D eigenvalue weighted by molar-refractivity contribution is -0.123. The van der Waals surface area contributed by atoms with Crippen molar-refractivity contribution in [3.63, 3.8) is 0 Å². The van der Waals surface area contributed by atoms with Crippen molar-refractivity contribution in [3.05, 3.63) is 59.7 Å². The van der Waals surface area contributed by atoms with E-state index in [1.807, 2.05) is 24.3 Å². The van der Waals surface area contributed by atoms with Crippen molar-refractivity contribution in [2.45, 2.75) is 24.2 Å². The minimum absolute atomic E-state index is 0.000987. The van der Waals surface area contributed by atoms with E-state index < -0.39 is 26.6 Å². The Morgan fingerprint density at radius 3 is 2.46 bits per heavy atom. The second-order valence-corrected chi connectivity index (χ2v) is 9.03. The first-order valence-electron chi connectivity index (χ1n) is 9.22. The molecular formula is C20H20F2N2O3S. The minimum atomic E-state index is -4.14. The number of rotatable bonds is 3. The Bertz CT molecular complexity index is 1020. The molecule has 0 spiro atoms. The van der Waals surface area contributed by atoms with Crippen molar-refractivity contribution in [3.8, 4) is 0 Å². The van der Waals surface area contributed by atoms with Gasteiger partial charge in [-0.3, -0.25) is 4.79 Å². The minimum Gasteiger partial charge on any atom is -0.312 e. The maximum atomic E-state index is 13.9. The van der Waals surface area contributed by atoms with Crippen LogP contribution in [-0.2, 0) is 21.2 Å². The van der Waals surface area contributed by atoms with Gasteiger partial charge in [0, 0.05) is 31.2 Å². The number of amides is 1. The molecule has 2 aromatic carbocycles.